The SMILES string of the molecule is Cc1ccc(-c2nnnn2C2CCC(C)(C)CC2)cc1N. The van der Waals surface area contributed by atoms with Crippen molar-refractivity contribution in [2.75, 3.05) is 5.73 Å². The lowest BCUT2D eigenvalue weighted by Gasteiger charge is -2.34. The van der Waals surface area contributed by atoms with Crippen molar-refractivity contribution in [2.24, 2.45) is 5.41 Å². The highest BCUT2D eigenvalue weighted by Crippen LogP contribution is 2.40. The molecule has 0 amide bonds. The Morgan fingerprint density at radius 3 is 2.62 bits per heavy atom. The quantitative estimate of drug-likeness (QED) is 0.859. The van der Waals surface area contributed by atoms with E-state index >= 15 is 0 Å². The van der Waals surface area contributed by atoms with Gasteiger partial charge in [0.25, 0.3) is 0 Å². The number of aromatic nitrogens is 4. The zero-order chi connectivity index (χ0) is 15.0. The van der Waals surface area contributed by atoms with Crippen molar-refractivity contribution in [3.8, 4) is 11.4 Å². The van der Waals surface area contributed by atoms with Crippen molar-refractivity contribution in [1.82, 2.24) is 20.2 Å². The summed E-state index contributed by atoms with van der Waals surface area (Å²) in [6.07, 6.45) is 4.69. The fourth-order valence-corrected chi connectivity index (χ4v) is 3.04. The van der Waals surface area contributed by atoms with Crippen molar-refractivity contribution in [3.63, 3.8) is 0 Å². The maximum atomic E-state index is 6.01. The van der Waals surface area contributed by atoms with E-state index in [1.54, 1.807) is 0 Å². The molecule has 2 N–H and O–H groups in total. The third-order valence-corrected chi connectivity index (χ3v) is 4.68. The Balaban J connectivity index is 1.89. The maximum Gasteiger partial charge on any atom is 0.182 e. The summed E-state index contributed by atoms with van der Waals surface area (Å²) in [6.45, 7) is 6.68. The molecule has 3 rings (SSSR count). The number of hydrogen-bond acceptors (Lipinski definition) is 4. The first-order valence-electron chi connectivity index (χ1n) is 7.61. The lowest BCUT2D eigenvalue weighted by atomic mass is 9.75. The zero-order valence-corrected chi connectivity index (χ0v) is 13.0. The summed E-state index contributed by atoms with van der Waals surface area (Å²) in [4.78, 5) is 0. The van der Waals surface area contributed by atoms with Crippen LogP contribution in [0.1, 0.15) is 51.1 Å². The van der Waals surface area contributed by atoms with Crippen LogP contribution in [0.25, 0.3) is 11.4 Å². The molecule has 1 aliphatic carbocycles. The molecule has 0 bridgehead atoms. The van der Waals surface area contributed by atoms with Crippen molar-refractivity contribution in [1.29, 1.82) is 0 Å². The molecule has 0 unspecified atom stereocenters. The molecule has 5 heteroatoms. The van der Waals surface area contributed by atoms with Gasteiger partial charge in [-0.3, -0.25) is 0 Å². The van der Waals surface area contributed by atoms with Gasteiger partial charge in [-0.05, 0) is 60.1 Å². The van der Waals surface area contributed by atoms with Crippen LogP contribution in [0.3, 0.4) is 0 Å². The number of nitrogens with two attached hydrogens (primary N) is 1. The van der Waals surface area contributed by atoms with E-state index < -0.39 is 0 Å². The molecule has 5 nitrogen and oxygen atoms in total. The molecule has 0 saturated heterocycles. The second-order valence-corrected chi connectivity index (χ2v) is 6.91. The second kappa shape index (κ2) is 5.13. The van der Waals surface area contributed by atoms with Crippen LogP contribution in [-0.4, -0.2) is 20.2 Å². The fraction of sp³-hybridized carbons (Fsp3) is 0.562. The standard InChI is InChI=1S/C16H23N5/c1-11-4-5-12(10-14(11)17)15-18-19-20-21(15)13-6-8-16(2,3)9-7-13/h4-5,10,13H,6-9,17H2,1-3H3. The summed E-state index contributed by atoms with van der Waals surface area (Å²) in [6, 6.07) is 6.42. The van der Waals surface area contributed by atoms with Crippen molar-refractivity contribution >= 4 is 5.69 Å². The van der Waals surface area contributed by atoms with Gasteiger partial charge in [0.1, 0.15) is 0 Å². The number of nitrogen functional groups attached to an aromatic ring is 1. The van der Waals surface area contributed by atoms with E-state index in [4.69, 9.17) is 5.73 Å². The highest BCUT2D eigenvalue weighted by molar-refractivity contribution is 5.63. The van der Waals surface area contributed by atoms with Gasteiger partial charge >= 0.3 is 0 Å². The molecule has 2 aromatic rings. The number of benzene rings is 1. The molecule has 0 radical (unpaired) electrons. The van der Waals surface area contributed by atoms with Crippen LogP contribution in [0.5, 0.6) is 0 Å². The topological polar surface area (TPSA) is 69.6 Å². The lowest BCUT2D eigenvalue weighted by Crippen LogP contribution is -2.24. The van der Waals surface area contributed by atoms with E-state index in [0.717, 1.165) is 35.5 Å². The smallest absolute Gasteiger partial charge is 0.182 e. The highest BCUT2D eigenvalue weighted by atomic mass is 15.5. The summed E-state index contributed by atoms with van der Waals surface area (Å²) >= 11 is 0. The molecule has 1 saturated carbocycles. The van der Waals surface area contributed by atoms with Gasteiger partial charge in [-0.1, -0.05) is 26.0 Å². The average Bonchev–Trinajstić information content (AvgIpc) is 2.91. The third kappa shape index (κ3) is 2.77. The molecular weight excluding hydrogens is 262 g/mol. The molecule has 21 heavy (non-hydrogen) atoms. The van der Waals surface area contributed by atoms with Crippen molar-refractivity contribution in [3.05, 3.63) is 23.8 Å². The number of anilines is 1. The largest absolute Gasteiger partial charge is 0.398 e. The molecule has 1 heterocycles. The van der Waals surface area contributed by atoms with E-state index in [9.17, 15) is 0 Å². The molecule has 0 aliphatic heterocycles. The van der Waals surface area contributed by atoms with E-state index in [-0.39, 0.29) is 0 Å². The van der Waals surface area contributed by atoms with Gasteiger partial charge in [-0.15, -0.1) is 5.10 Å². The minimum atomic E-state index is 0.394. The predicted molar refractivity (Wildman–Crippen MR) is 83.7 cm³/mol. The third-order valence-electron chi connectivity index (χ3n) is 4.68. The van der Waals surface area contributed by atoms with Gasteiger partial charge in [-0.25, -0.2) is 4.68 Å². The first-order valence-corrected chi connectivity index (χ1v) is 7.61. The Morgan fingerprint density at radius 1 is 1.24 bits per heavy atom. The molecular formula is C16H23N5. The fourth-order valence-electron chi connectivity index (χ4n) is 3.04. The Hall–Kier alpha value is -1.91. The summed E-state index contributed by atoms with van der Waals surface area (Å²) in [5.74, 6) is 0.825. The van der Waals surface area contributed by atoms with E-state index in [0.29, 0.717) is 11.5 Å². The molecule has 1 aromatic carbocycles. The van der Waals surface area contributed by atoms with Gasteiger partial charge in [0.05, 0.1) is 6.04 Å². The summed E-state index contributed by atoms with van der Waals surface area (Å²) in [5, 5.41) is 12.3. The monoisotopic (exact) mass is 285 g/mol. The van der Waals surface area contributed by atoms with Gasteiger partial charge in [-0.2, -0.15) is 0 Å². The molecule has 0 spiro atoms. The Morgan fingerprint density at radius 2 is 1.95 bits per heavy atom. The van der Waals surface area contributed by atoms with E-state index in [1.807, 2.05) is 29.8 Å². The number of tetrazole rings is 1. The highest BCUT2D eigenvalue weighted by Gasteiger charge is 2.29. The summed E-state index contributed by atoms with van der Waals surface area (Å²) in [5.41, 5.74) is 9.31. The van der Waals surface area contributed by atoms with Crippen LogP contribution < -0.4 is 5.73 Å². The first-order chi connectivity index (χ1) is 9.96. The Bertz CT molecular complexity index is 634. The van der Waals surface area contributed by atoms with Gasteiger partial charge in [0, 0.05) is 11.3 Å². The Kier molecular flexibility index (Phi) is 3.43. The normalized spacial score (nSPS) is 18.8. The zero-order valence-electron chi connectivity index (χ0n) is 13.0. The van der Waals surface area contributed by atoms with Crippen LogP contribution in [-0.2, 0) is 0 Å². The van der Waals surface area contributed by atoms with Crippen LogP contribution in [0.4, 0.5) is 5.69 Å². The number of rotatable bonds is 2. The van der Waals surface area contributed by atoms with Crippen molar-refractivity contribution < 1.29 is 0 Å². The average molecular weight is 285 g/mol. The predicted octanol–water partition coefficient (Wildman–Crippen LogP) is 3.37. The first kappa shape index (κ1) is 14.0. The van der Waals surface area contributed by atoms with Crippen LogP contribution in [0, 0.1) is 12.3 Å². The molecule has 1 aliphatic rings. The van der Waals surface area contributed by atoms with Crippen LogP contribution in [0.15, 0.2) is 18.2 Å². The maximum absolute atomic E-state index is 6.01. The Labute approximate surface area is 125 Å². The lowest BCUT2D eigenvalue weighted by molar-refractivity contribution is 0.185. The summed E-state index contributed by atoms with van der Waals surface area (Å²) < 4.78 is 1.99. The molecule has 0 atom stereocenters. The number of aryl methyl sites for hydroxylation is 1. The van der Waals surface area contributed by atoms with Gasteiger partial charge < -0.3 is 5.73 Å². The van der Waals surface area contributed by atoms with Crippen molar-refractivity contribution in [2.45, 2.75) is 52.5 Å². The van der Waals surface area contributed by atoms with Gasteiger partial charge in [0.2, 0.25) is 0 Å². The summed E-state index contributed by atoms with van der Waals surface area (Å²) in [7, 11) is 0. The minimum Gasteiger partial charge on any atom is -0.398 e. The molecule has 1 aromatic heterocycles. The van der Waals surface area contributed by atoms with E-state index in [1.165, 1.54) is 12.8 Å². The second-order valence-electron chi connectivity index (χ2n) is 6.91. The molecule has 112 valence electrons. The number of hydrogen-bond donors (Lipinski definition) is 1. The van der Waals surface area contributed by atoms with Gasteiger partial charge in [0.15, 0.2) is 5.82 Å². The van der Waals surface area contributed by atoms with Crippen LogP contribution in [0.2, 0.25) is 0 Å². The molecule has 1 fully saturated rings. The number of nitrogens with zero attached hydrogens (tertiary/aromatic N) is 4. The van der Waals surface area contributed by atoms with Crippen LogP contribution >= 0.6 is 0 Å². The van der Waals surface area contributed by atoms with E-state index in [2.05, 4.69) is 29.4 Å². The minimum absolute atomic E-state index is 0.394.